The molecule has 4 rings (SSSR count). The van der Waals surface area contributed by atoms with E-state index >= 15 is 0 Å². The molecule has 148 valence electrons. The monoisotopic (exact) mass is 384 g/mol. The summed E-state index contributed by atoms with van der Waals surface area (Å²) in [5, 5.41) is 6.11. The molecule has 2 aromatic rings. The summed E-state index contributed by atoms with van der Waals surface area (Å²) in [5.74, 6) is -0.368. The van der Waals surface area contributed by atoms with Gasteiger partial charge in [0.25, 0.3) is 0 Å². The smallest absolute Gasteiger partial charge is 0.216 e. The molecular weight excluding hydrogens is 359 g/mol. The van der Waals surface area contributed by atoms with Gasteiger partial charge in [-0.2, -0.15) is 0 Å². The van der Waals surface area contributed by atoms with E-state index in [9.17, 15) is 9.18 Å². The summed E-state index contributed by atoms with van der Waals surface area (Å²) in [5.41, 5.74) is 3.69. The van der Waals surface area contributed by atoms with Crippen LogP contribution in [0.3, 0.4) is 0 Å². The summed E-state index contributed by atoms with van der Waals surface area (Å²) in [4.78, 5) is 11.1. The Morgan fingerprint density at radius 3 is 2.96 bits per heavy atom. The zero-order valence-corrected chi connectivity index (χ0v) is 16.2. The first-order valence-electron chi connectivity index (χ1n) is 9.63. The molecule has 28 heavy (non-hydrogen) atoms. The number of nitrogens with one attached hydrogen (secondary N) is 2. The minimum Gasteiger partial charge on any atom is -0.368 e. The molecule has 2 atom stereocenters. The van der Waals surface area contributed by atoms with Crippen molar-refractivity contribution < 1.29 is 18.7 Å². The topological polar surface area (TPSA) is 59.6 Å². The van der Waals surface area contributed by atoms with Crippen molar-refractivity contribution in [1.82, 2.24) is 10.6 Å². The predicted octanol–water partition coefficient (Wildman–Crippen LogP) is 2.82. The zero-order valence-electron chi connectivity index (χ0n) is 16.2. The molecule has 2 N–H and O–H groups in total. The van der Waals surface area contributed by atoms with Gasteiger partial charge in [0.05, 0.1) is 13.2 Å². The number of carbonyl (C=O) groups excluding carboxylic acids is 1. The molecule has 1 aliphatic carbocycles. The number of aryl methyl sites for hydroxylation is 1. The van der Waals surface area contributed by atoms with Crippen LogP contribution in [0.15, 0.2) is 36.4 Å². The third-order valence-electron chi connectivity index (χ3n) is 5.43. The first-order chi connectivity index (χ1) is 13.5. The van der Waals surface area contributed by atoms with E-state index in [4.69, 9.17) is 9.47 Å². The van der Waals surface area contributed by atoms with Gasteiger partial charge >= 0.3 is 0 Å². The fraction of sp³-hybridized carbons (Fsp3) is 0.409. The summed E-state index contributed by atoms with van der Waals surface area (Å²) in [6, 6.07) is 11.2. The van der Waals surface area contributed by atoms with Gasteiger partial charge < -0.3 is 20.1 Å². The molecule has 1 fully saturated rings. The van der Waals surface area contributed by atoms with Crippen molar-refractivity contribution in [1.29, 1.82) is 0 Å². The Kier molecular flexibility index (Phi) is 5.19. The van der Waals surface area contributed by atoms with Crippen LogP contribution in [0.5, 0.6) is 0 Å². The van der Waals surface area contributed by atoms with Gasteiger partial charge in [-0.1, -0.05) is 35.9 Å². The fourth-order valence-corrected chi connectivity index (χ4v) is 4.22. The number of benzene rings is 2. The van der Waals surface area contributed by atoms with E-state index in [2.05, 4.69) is 10.6 Å². The van der Waals surface area contributed by atoms with Crippen LogP contribution in [0.1, 0.15) is 29.7 Å². The third-order valence-corrected chi connectivity index (χ3v) is 5.43. The number of halogens is 1. The molecule has 2 aromatic carbocycles. The van der Waals surface area contributed by atoms with Crippen LogP contribution in [-0.4, -0.2) is 38.8 Å². The highest BCUT2D eigenvalue weighted by Crippen LogP contribution is 2.57. The number of morpholine rings is 1. The van der Waals surface area contributed by atoms with E-state index in [-0.39, 0.29) is 11.7 Å². The average Bonchev–Trinajstić information content (AvgIpc) is 2.68. The summed E-state index contributed by atoms with van der Waals surface area (Å²) >= 11 is 0. The second-order valence-electron chi connectivity index (χ2n) is 7.40. The van der Waals surface area contributed by atoms with Crippen molar-refractivity contribution in [3.63, 3.8) is 0 Å². The number of hydrogen-bond donors (Lipinski definition) is 2. The summed E-state index contributed by atoms with van der Waals surface area (Å²) < 4.78 is 27.3. The van der Waals surface area contributed by atoms with Crippen LogP contribution in [0.25, 0.3) is 11.1 Å². The summed E-state index contributed by atoms with van der Waals surface area (Å²) in [7, 11) is 0. The van der Waals surface area contributed by atoms with Crippen LogP contribution in [-0.2, 0) is 19.9 Å². The zero-order chi connectivity index (χ0) is 19.7. The van der Waals surface area contributed by atoms with Crippen molar-refractivity contribution in [3.05, 3.63) is 58.9 Å². The van der Waals surface area contributed by atoms with Gasteiger partial charge in [-0.05, 0) is 24.1 Å². The number of rotatable bonds is 5. The second kappa shape index (κ2) is 7.62. The summed E-state index contributed by atoms with van der Waals surface area (Å²) in [6.45, 7) is 6.17. The van der Waals surface area contributed by atoms with Crippen LogP contribution >= 0.6 is 0 Å². The number of fused-ring (bicyclic) bond motifs is 2. The van der Waals surface area contributed by atoms with Gasteiger partial charge in [-0.25, -0.2) is 4.39 Å². The van der Waals surface area contributed by atoms with E-state index in [0.29, 0.717) is 31.9 Å². The Morgan fingerprint density at radius 1 is 1.39 bits per heavy atom. The molecule has 1 aliphatic heterocycles. The highest BCUT2D eigenvalue weighted by molar-refractivity contribution is 5.74. The number of amides is 1. The van der Waals surface area contributed by atoms with Gasteiger partial charge in [0.2, 0.25) is 5.91 Å². The molecule has 2 aliphatic rings. The molecule has 1 spiro atoms. The van der Waals surface area contributed by atoms with E-state index in [1.54, 1.807) is 0 Å². The van der Waals surface area contributed by atoms with E-state index < -0.39 is 11.7 Å². The van der Waals surface area contributed by atoms with E-state index in [1.807, 2.05) is 37.3 Å². The van der Waals surface area contributed by atoms with Crippen molar-refractivity contribution in [2.75, 3.05) is 32.8 Å². The Bertz CT molecular complexity index is 893. The van der Waals surface area contributed by atoms with Gasteiger partial charge in [-0.15, -0.1) is 0 Å². The maximum absolute atomic E-state index is 14.9. The molecule has 1 unspecified atom stereocenters. The summed E-state index contributed by atoms with van der Waals surface area (Å²) in [6.07, 6.45) is -0.393. The van der Waals surface area contributed by atoms with Crippen LogP contribution in [0.2, 0.25) is 0 Å². The quantitative estimate of drug-likeness (QED) is 0.779. The largest absolute Gasteiger partial charge is 0.368 e. The molecule has 6 heteroatoms. The Hall–Kier alpha value is -2.28. The van der Waals surface area contributed by atoms with Crippen molar-refractivity contribution in [3.8, 4) is 11.1 Å². The van der Waals surface area contributed by atoms with Gasteiger partial charge in [0.1, 0.15) is 17.5 Å². The fourth-order valence-electron chi connectivity index (χ4n) is 4.22. The van der Waals surface area contributed by atoms with Gasteiger partial charge in [0.15, 0.2) is 0 Å². The molecule has 1 saturated heterocycles. The molecular formula is C22H25FN2O3. The molecule has 5 nitrogen and oxygen atoms in total. The lowest BCUT2D eigenvalue weighted by Gasteiger charge is -2.53. The molecule has 1 amide bonds. The molecule has 1 heterocycles. The third kappa shape index (κ3) is 3.21. The first-order valence-corrected chi connectivity index (χ1v) is 9.63. The van der Waals surface area contributed by atoms with Crippen molar-refractivity contribution in [2.24, 2.45) is 0 Å². The molecule has 0 bridgehead atoms. The number of hydrogen-bond acceptors (Lipinski definition) is 4. The van der Waals surface area contributed by atoms with Gasteiger partial charge in [0, 0.05) is 37.7 Å². The van der Waals surface area contributed by atoms with E-state index in [1.165, 1.54) is 13.0 Å². The lowest BCUT2D eigenvalue weighted by Crippen LogP contribution is -2.58. The number of carbonyl (C=O) groups is 1. The molecule has 0 aromatic heterocycles. The van der Waals surface area contributed by atoms with Crippen molar-refractivity contribution in [2.45, 2.75) is 25.6 Å². The second-order valence-corrected chi connectivity index (χ2v) is 7.40. The van der Waals surface area contributed by atoms with Gasteiger partial charge in [-0.3, -0.25) is 4.79 Å². The van der Waals surface area contributed by atoms with Crippen LogP contribution in [0, 0.1) is 12.7 Å². The first kappa shape index (κ1) is 19.1. The van der Waals surface area contributed by atoms with Crippen LogP contribution in [0.4, 0.5) is 4.39 Å². The lowest BCUT2D eigenvalue weighted by molar-refractivity contribution is -0.190. The Balaban J connectivity index is 1.73. The normalized spacial score (nSPS) is 23.2. The maximum Gasteiger partial charge on any atom is 0.216 e. The lowest BCUT2D eigenvalue weighted by atomic mass is 9.66. The highest BCUT2D eigenvalue weighted by Gasteiger charge is 2.56. The number of ether oxygens (including phenoxy) is 2. The standard InChI is InChI=1S/C22H25FN2O3/c1-14-4-3-5-16(12-14)19-18(23)7-6-17-20(19)21(27-10-9-25-15(2)26)22(17)13-24-8-11-28-22/h3-7,12,21,24H,8-11,13H2,1-2H3,(H,25,26)/t21?,22-/m0/s1. The van der Waals surface area contributed by atoms with E-state index in [0.717, 1.165) is 28.8 Å². The SMILES string of the molecule is CC(=O)NCCOC1c2c(ccc(F)c2-c2cccc(C)c2)[C@@]12CNCCO2. The Labute approximate surface area is 164 Å². The highest BCUT2D eigenvalue weighted by atomic mass is 19.1. The molecule has 0 saturated carbocycles. The van der Waals surface area contributed by atoms with Crippen LogP contribution < -0.4 is 10.6 Å². The maximum atomic E-state index is 14.9. The molecule has 0 radical (unpaired) electrons. The predicted molar refractivity (Wildman–Crippen MR) is 104 cm³/mol. The minimum atomic E-state index is -0.615. The Morgan fingerprint density at radius 2 is 2.25 bits per heavy atom. The average molecular weight is 384 g/mol. The minimum absolute atomic E-state index is 0.102. The van der Waals surface area contributed by atoms with Crippen molar-refractivity contribution >= 4 is 5.91 Å².